The van der Waals surface area contributed by atoms with Gasteiger partial charge in [-0.1, -0.05) is 33.6 Å². The van der Waals surface area contributed by atoms with Gasteiger partial charge in [-0.05, 0) is 36.8 Å². The van der Waals surface area contributed by atoms with E-state index in [1.165, 1.54) is 0 Å². The van der Waals surface area contributed by atoms with Crippen molar-refractivity contribution < 1.29 is 9.15 Å². The summed E-state index contributed by atoms with van der Waals surface area (Å²) >= 11 is 9.79. The summed E-state index contributed by atoms with van der Waals surface area (Å²) in [4.78, 5) is -0.0467. The molecule has 1 atom stereocenters. The summed E-state index contributed by atoms with van der Waals surface area (Å²) in [6.07, 6.45) is 0. The minimum Gasteiger partial charge on any atom is -0.497 e. The quantitative estimate of drug-likeness (QED) is 0.764. The average molecular weight is 316 g/mol. The highest BCUT2D eigenvalue weighted by molar-refractivity contribution is 9.09. The van der Waals surface area contributed by atoms with E-state index in [4.69, 9.17) is 20.8 Å². The number of hydrogen-bond donors (Lipinski definition) is 0. The van der Waals surface area contributed by atoms with E-state index in [0.29, 0.717) is 5.02 Å². The zero-order valence-electron chi connectivity index (χ0n) is 9.54. The predicted octanol–water partition coefficient (Wildman–Crippen LogP) is 4.73. The van der Waals surface area contributed by atoms with E-state index < -0.39 is 0 Å². The second kappa shape index (κ2) is 5.15. The lowest BCUT2D eigenvalue weighted by Crippen LogP contribution is -1.93. The van der Waals surface area contributed by atoms with E-state index in [1.807, 2.05) is 31.2 Å². The summed E-state index contributed by atoms with van der Waals surface area (Å²) < 4.78 is 10.7. The number of furan rings is 1. The molecule has 0 aliphatic rings. The van der Waals surface area contributed by atoms with Crippen molar-refractivity contribution >= 4 is 27.5 Å². The van der Waals surface area contributed by atoms with Crippen LogP contribution in [0.5, 0.6) is 5.75 Å². The number of methoxy groups -OCH3 is 1. The highest BCUT2D eigenvalue weighted by Gasteiger charge is 2.17. The monoisotopic (exact) mass is 314 g/mol. The molecule has 90 valence electrons. The Hall–Kier alpha value is -0.930. The first-order chi connectivity index (χ1) is 8.11. The molecule has 0 aliphatic carbocycles. The molecule has 1 unspecified atom stereocenters. The van der Waals surface area contributed by atoms with Crippen molar-refractivity contribution in [2.24, 2.45) is 0 Å². The number of alkyl halides is 1. The maximum Gasteiger partial charge on any atom is 0.122 e. The third-order valence-electron chi connectivity index (χ3n) is 2.49. The van der Waals surface area contributed by atoms with Crippen LogP contribution < -0.4 is 4.74 Å². The molecule has 2 aromatic rings. The number of hydrogen-bond acceptors (Lipinski definition) is 2. The van der Waals surface area contributed by atoms with Crippen LogP contribution in [0.15, 0.2) is 34.7 Å². The second-order valence-electron chi connectivity index (χ2n) is 3.70. The molecule has 1 heterocycles. The van der Waals surface area contributed by atoms with Gasteiger partial charge in [0.25, 0.3) is 0 Å². The van der Waals surface area contributed by atoms with Crippen LogP contribution in [0, 0.1) is 6.92 Å². The third-order valence-corrected chi connectivity index (χ3v) is 3.76. The van der Waals surface area contributed by atoms with Crippen molar-refractivity contribution in [1.82, 2.24) is 0 Å². The topological polar surface area (TPSA) is 22.4 Å². The zero-order valence-corrected chi connectivity index (χ0v) is 11.9. The molecule has 17 heavy (non-hydrogen) atoms. The molecule has 0 spiro atoms. The Labute approximate surface area is 114 Å². The van der Waals surface area contributed by atoms with Gasteiger partial charge in [-0.25, -0.2) is 0 Å². The van der Waals surface area contributed by atoms with Crippen molar-refractivity contribution in [3.63, 3.8) is 0 Å². The molecule has 0 saturated heterocycles. The Morgan fingerprint density at radius 1 is 1.29 bits per heavy atom. The summed E-state index contributed by atoms with van der Waals surface area (Å²) in [5, 5.41) is 0.653. The van der Waals surface area contributed by atoms with Gasteiger partial charge in [0.1, 0.15) is 17.3 Å². The van der Waals surface area contributed by atoms with Gasteiger partial charge in [0.05, 0.1) is 11.9 Å². The Morgan fingerprint density at radius 3 is 2.59 bits per heavy atom. The van der Waals surface area contributed by atoms with Gasteiger partial charge in [0.2, 0.25) is 0 Å². The van der Waals surface area contributed by atoms with Crippen LogP contribution in [0.1, 0.15) is 21.9 Å². The maximum atomic E-state index is 6.21. The Morgan fingerprint density at radius 2 is 2.06 bits per heavy atom. The van der Waals surface area contributed by atoms with Crippen LogP contribution >= 0.6 is 27.5 Å². The first-order valence-corrected chi connectivity index (χ1v) is 6.45. The normalized spacial score (nSPS) is 12.5. The minimum absolute atomic E-state index is 0.0467. The van der Waals surface area contributed by atoms with E-state index >= 15 is 0 Å². The SMILES string of the molecule is COc1ccc(C(Br)c2ccc(C)o2)c(Cl)c1. The van der Waals surface area contributed by atoms with Crippen LogP contribution in [-0.2, 0) is 0 Å². The molecule has 4 heteroatoms. The van der Waals surface area contributed by atoms with Gasteiger partial charge >= 0.3 is 0 Å². The standard InChI is InChI=1S/C13H12BrClO2/c1-8-3-6-12(17-8)13(14)10-5-4-9(16-2)7-11(10)15/h3-7,13H,1-2H3. The van der Waals surface area contributed by atoms with Crippen LogP contribution in [0.2, 0.25) is 5.02 Å². The summed E-state index contributed by atoms with van der Waals surface area (Å²) in [5.41, 5.74) is 0.960. The summed E-state index contributed by atoms with van der Waals surface area (Å²) in [6.45, 7) is 1.92. The molecule has 0 N–H and O–H groups in total. The van der Waals surface area contributed by atoms with Gasteiger partial charge < -0.3 is 9.15 Å². The van der Waals surface area contributed by atoms with Crippen molar-refractivity contribution in [3.8, 4) is 5.75 Å². The molecular formula is C13H12BrClO2. The van der Waals surface area contributed by atoms with Crippen LogP contribution in [0.4, 0.5) is 0 Å². The van der Waals surface area contributed by atoms with E-state index in [2.05, 4.69) is 15.9 Å². The summed E-state index contributed by atoms with van der Waals surface area (Å²) in [6, 6.07) is 9.47. The minimum atomic E-state index is -0.0467. The summed E-state index contributed by atoms with van der Waals surface area (Å²) in [5.74, 6) is 2.47. The molecule has 0 fully saturated rings. The van der Waals surface area contributed by atoms with Crippen LogP contribution in [0.25, 0.3) is 0 Å². The smallest absolute Gasteiger partial charge is 0.122 e. The Kier molecular flexibility index (Phi) is 3.79. The van der Waals surface area contributed by atoms with Gasteiger partial charge in [-0.15, -0.1) is 0 Å². The molecule has 0 aliphatic heterocycles. The van der Waals surface area contributed by atoms with E-state index in [0.717, 1.165) is 22.8 Å². The highest BCUT2D eigenvalue weighted by atomic mass is 79.9. The highest BCUT2D eigenvalue weighted by Crippen LogP contribution is 2.37. The van der Waals surface area contributed by atoms with Crippen LogP contribution in [-0.4, -0.2) is 7.11 Å². The lowest BCUT2D eigenvalue weighted by Gasteiger charge is -2.10. The van der Waals surface area contributed by atoms with E-state index in [9.17, 15) is 0 Å². The molecule has 1 aromatic carbocycles. The van der Waals surface area contributed by atoms with Gasteiger partial charge in [-0.2, -0.15) is 0 Å². The van der Waals surface area contributed by atoms with Crippen molar-refractivity contribution in [3.05, 3.63) is 52.4 Å². The molecule has 0 amide bonds. The molecule has 1 aromatic heterocycles. The fourth-order valence-electron chi connectivity index (χ4n) is 1.58. The fraction of sp³-hybridized carbons (Fsp3) is 0.231. The lowest BCUT2D eigenvalue weighted by atomic mass is 10.1. The first kappa shape index (κ1) is 12.5. The van der Waals surface area contributed by atoms with Crippen molar-refractivity contribution in [2.45, 2.75) is 11.8 Å². The van der Waals surface area contributed by atoms with Crippen molar-refractivity contribution in [1.29, 1.82) is 0 Å². The van der Waals surface area contributed by atoms with Crippen molar-refractivity contribution in [2.75, 3.05) is 7.11 Å². The summed E-state index contributed by atoms with van der Waals surface area (Å²) in [7, 11) is 1.62. The van der Waals surface area contributed by atoms with E-state index in [1.54, 1.807) is 13.2 Å². The van der Waals surface area contributed by atoms with Crippen LogP contribution in [0.3, 0.4) is 0 Å². The third kappa shape index (κ3) is 2.67. The van der Waals surface area contributed by atoms with Gasteiger partial charge in [0.15, 0.2) is 0 Å². The zero-order chi connectivity index (χ0) is 12.4. The molecule has 0 radical (unpaired) electrons. The predicted molar refractivity (Wildman–Crippen MR) is 72.2 cm³/mol. The molecule has 0 saturated carbocycles. The number of aryl methyl sites for hydroxylation is 1. The number of ether oxygens (including phenoxy) is 1. The molecule has 2 rings (SSSR count). The molecule has 0 bridgehead atoms. The number of halogens is 2. The average Bonchev–Trinajstić information content (AvgIpc) is 2.75. The molecule has 2 nitrogen and oxygen atoms in total. The van der Waals surface area contributed by atoms with E-state index in [-0.39, 0.29) is 4.83 Å². The largest absolute Gasteiger partial charge is 0.497 e. The fourth-order valence-corrected chi connectivity index (χ4v) is 2.64. The Bertz CT molecular complexity index is 522. The first-order valence-electron chi connectivity index (χ1n) is 5.15. The lowest BCUT2D eigenvalue weighted by molar-refractivity contribution is 0.414. The second-order valence-corrected chi connectivity index (χ2v) is 5.02. The Balaban J connectivity index is 2.34. The van der Waals surface area contributed by atoms with Gasteiger partial charge in [-0.3, -0.25) is 0 Å². The van der Waals surface area contributed by atoms with Gasteiger partial charge in [0, 0.05) is 5.02 Å². The number of benzene rings is 1. The maximum absolute atomic E-state index is 6.21. The number of rotatable bonds is 3. The molecular weight excluding hydrogens is 303 g/mol.